The third kappa shape index (κ3) is 7.88. The number of unbranched alkanes of at least 4 members (excludes halogenated alkanes) is 1. The van der Waals surface area contributed by atoms with E-state index in [9.17, 15) is 30.0 Å². The highest BCUT2D eigenvalue weighted by molar-refractivity contribution is 5.88. The molecule has 8 heteroatoms. The van der Waals surface area contributed by atoms with Crippen LogP contribution in [0.3, 0.4) is 0 Å². The van der Waals surface area contributed by atoms with Gasteiger partial charge in [0.05, 0.1) is 19.3 Å². The van der Waals surface area contributed by atoms with Gasteiger partial charge in [-0.15, -0.1) is 0 Å². The number of phenolic OH excluding ortho intramolecular Hbond substituents is 2. The van der Waals surface area contributed by atoms with Gasteiger partial charge in [-0.2, -0.15) is 0 Å². The van der Waals surface area contributed by atoms with Crippen molar-refractivity contribution in [2.45, 2.75) is 114 Å². The summed E-state index contributed by atoms with van der Waals surface area (Å²) in [5.41, 5.74) is 3.74. The van der Waals surface area contributed by atoms with Crippen molar-refractivity contribution in [3.63, 3.8) is 0 Å². The van der Waals surface area contributed by atoms with E-state index in [1.54, 1.807) is 18.2 Å². The number of ketones is 2. The maximum absolute atomic E-state index is 13.7. The lowest BCUT2D eigenvalue weighted by molar-refractivity contribution is -0.124. The first kappa shape index (κ1) is 36.5. The van der Waals surface area contributed by atoms with Gasteiger partial charge in [0.25, 0.3) is 0 Å². The van der Waals surface area contributed by atoms with Crippen molar-refractivity contribution in [3.05, 3.63) is 64.7 Å². The molecular weight excluding hydrogens is 654 g/mol. The van der Waals surface area contributed by atoms with Crippen molar-refractivity contribution < 1.29 is 34.8 Å². The Labute approximate surface area is 307 Å². The Morgan fingerprint density at radius 1 is 0.923 bits per heavy atom. The number of benzene rings is 3. The lowest BCUT2D eigenvalue weighted by Gasteiger charge is -2.39. The molecule has 52 heavy (non-hydrogen) atoms. The van der Waals surface area contributed by atoms with Crippen LogP contribution in [0.5, 0.6) is 17.2 Å². The van der Waals surface area contributed by atoms with Crippen LogP contribution in [0, 0.1) is 35.5 Å². The topological polar surface area (TPSA) is 136 Å². The van der Waals surface area contributed by atoms with E-state index >= 15 is 0 Å². The summed E-state index contributed by atoms with van der Waals surface area (Å²) in [5.74, 6) is 7.54. The number of fused-ring (bicyclic) bond motifs is 5. The highest BCUT2D eigenvalue weighted by Gasteiger charge is 2.35. The molecule has 4 aliphatic rings. The molecule has 1 saturated heterocycles. The number of methoxy groups -OCH3 is 1. The number of Topliss-reactive ketones (excluding diaryl/α,β-unsaturated/α-hetero) is 2. The molecule has 8 atom stereocenters. The Balaban J connectivity index is 1.09. The molecule has 1 heterocycles. The first-order valence-electron chi connectivity index (χ1n) is 19.5. The minimum absolute atomic E-state index is 0.0160. The summed E-state index contributed by atoms with van der Waals surface area (Å²) in [6.45, 7) is 0.939. The molecule has 3 aliphatic carbocycles. The zero-order valence-corrected chi connectivity index (χ0v) is 30.3. The summed E-state index contributed by atoms with van der Waals surface area (Å²) in [6, 6.07) is 13.2. The quantitative estimate of drug-likeness (QED) is 0.127. The molecule has 8 nitrogen and oxygen atoms in total. The minimum atomic E-state index is -0.870. The van der Waals surface area contributed by atoms with Crippen LogP contribution in [-0.2, 0) is 22.4 Å². The van der Waals surface area contributed by atoms with Crippen LogP contribution in [-0.4, -0.2) is 57.8 Å². The van der Waals surface area contributed by atoms with Gasteiger partial charge in [-0.3, -0.25) is 9.59 Å². The molecule has 0 aromatic heterocycles. The average Bonchev–Trinajstić information content (AvgIpc) is 3.19. The zero-order valence-electron chi connectivity index (χ0n) is 30.3. The smallest absolute Gasteiger partial charge is 0.160 e. The summed E-state index contributed by atoms with van der Waals surface area (Å²) in [5, 5.41) is 49.8. The Hall–Kier alpha value is -3.90. The predicted molar refractivity (Wildman–Crippen MR) is 200 cm³/mol. The number of aliphatic hydroxyl groups excluding tert-OH is 2. The number of nitrogens with one attached hydrogen (secondary N) is 1. The second kappa shape index (κ2) is 16.0. The molecule has 7 rings (SSSR count). The summed E-state index contributed by atoms with van der Waals surface area (Å²) >= 11 is 0. The lowest BCUT2D eigenvalue weighted by Crippen LogP contribution is -2.48. The number of aryl methyl sites for hydroxylation is 2. The van der Waals surface area contributed by atoms with Gasteiger partial charge in [-0.05, 0) is 139 Å². The molecule has 3 aromatic rings. The van der Waals surface area contributed by atoms with E-state index in [4.69, 9.17) is 4.74 Å². The number of carbonyl (C=O) groups excluding carboxylic acids is 2. The number of ether oxygens (including phenoxy) is 1. The largest absolute Gasteiger partial charge is 0.508 e. The van der Waals surface area contributed by atoms with E-state index in [1.165, 1.54) is 7.11 Å². The predicted octanol–water partition coefficient (Wildman–Crippen LogP) is 6.82. The third-order valence-electron chi connectivity index (χ3n) is 12.5. The van der Waals surface area contributed by atoms with Crippen molar-refractivity contribution >= 4 is 22.3 Å². The second-order valence-corrected chi connectivity index (χ2v) is 15.9. The van der Waals surface area contributed by atoms with Crippen LogP contribution < -0.4 is 10.1 Å². The number of phenols is 2. The first-order valence-corrected chi connectivity index (χ1v) is 19.5. The number of piperidine rings is 1. The Morgan fingerprint density at radius 2 is 1.79 bits per heavy atom. The molecule has 0 spiro atoms. The minimum Gasteiger partial charge on any atom is -0.508 e. The van der Waals surface area contributed by atoms with Gasteiger partial charge in [0.15, 0.2) is 17.3 Å². The fourth-order valence-corrected chi connectivity index (χ4v) is 9.68. The first-order chi connectivity index (χ1) is 25.2. The van der Waals surface area contributed by atoms with Gasteiger partial charge in [0.2, 0.25) is 0 Å². The molecule has 0 bridgehead atoms. The second-order valence-electron chi connectivity index (χ2n) is 15.9. The lowest BCUT2D eigenvalue weighted by atomic mass is 9.74. The van der Waals surface area contributed by atoms with Gasteiger partial charge in [0.1, 0.15) is 17.5 Å². The summed E-state index contributed by atoms with van der Waals surface area (Å²) in [7, 11) is 1.51. The van der Waals surface area contributed by atoms with Crippen molar-refractivity contribution in [2.24, 2.45) is 23.7 Å². The highest BCUT2D eigenvalue weighted by atomic mass is 16.5. The number of hydrogen-bond acceptors (Lipinski definition) is 8. The number of hydrogen-bond donors (Lipinski definition) is 5. The molecule has 276 valence electrons. The van der Waals surface area contributed by atoms with Gasteiger partial charge in [-0.25, -0.2) is 0 Å². The van der Waals surface area contributed by atoms with Crippen LogP contribution in [0.15, 0.2) is 42.5 Å². The van der Waals surface area contributed by atoms with E-state index < -0.39 is 18.1 Å². The molecule has 0 radical (unpaired) electrons. The molecule has 3 aromatic carbocycles. The third-order valence-corrected chi connectivity index (χ3v) is 12.5. The maximum atomic E-state index is 13.7. The standard InChI is InChI=1S/C44H53NO7/c1-52-44-22-29-11-18-41(49)37(40(48)8-3-2-5-26-19-30-9-12-32(47)23-39(30)45-25-26)17-16-34(38(29)24-43(44)51)27-6-4-7-35-33-15-13-31(46)20-28(33)10-14-36(35)42(50)21-27/h10,13-15,20,22,24,26-27,30,34,37,39-40,42,45-46,48,50-51H,2-9,11-12,18-19,21,23,25H2,1H3/t26-,27-,30+,34-,37-,39-,40-,42+/m1/s1. The van der Waals surface area contributed by atoms with Crippen LogP contribution >= 0.6 is 0 Å². The van der Waals surface area contributed by atoms with Crippen LogP contribution in [0.25, 0.3) is 10.8 Å². The monoisotopic (exact) mass is 707 g/mol. The fraction of sp³-hybridized carbons (Fsp3) is 0.545. The number of carbonyl (C=O) groups is 2. The Kier molecular flexibility index (Phi) is 11.2. The van der Waals surface area contributed by atoms with E-state index in [1.807, 2.05) is 24.3 Å². The van der Waals surface area contributed by atoms with E-state index in [-0.39, 0.29) is 35.5 Å². The van der Waals surface area contributed by atoms with Crippen molar-refractivity contribution in [2.75, 3.05) is 13.7 Å². The molecule has 2 fully saturated rings. The van der Waals surface area contributed by atoms with Crippen LogP contribution in [0.2, 0.25) is 0 Å². The van der Waals surface area contributed by atoms with Crippen molar-refractivity contribution in [3.8, 4) is 29.1 Å². The van der Waals surface area contributed by atoms with Gasteiger partial charge in [0, 0.05) is 31.2 Å². The maximum Gasteiger partial charge on any atom is 0.160 e. The van der Waals surface area contributed by atoms with E-state index in [2.05, 4.69) is 17.2 Å². The number of aliphatic hydroxyl groups is 2. The van der Waals surface area contributed by atoms with Crippen molar-refractivity contribution in [1.29, 1.82) is 0 Å². The molecule has 1 saturated carbocycles. The average molecular weight is 708 g/mol. The highest BCUT2D eigenvalue weighted by Crippen LogP contribution is 2.44. The van der Waals surface area contributed by atoms with E-state index in [0.717, 1.165) is 90.9 Å². The molecular formula is C44H53NO7. The Bertz CT molecular complexity index is 1860. The SMILES string of the molecule is COc1cc2c(cc1O)[C@@H]([C@@H]1CCCc3c(ccc4cc(O)ccc34)[C@@H](O)C1)C#C[C@H]([C@H](O)CCCC[C@H]1CN[C@@H]3CC(=O)CC[C@H]3C1)C(=O)CC2. The molecule has 0 unspecified atom stereocenters. The van der Waals surface area contributed by atoms with Gasteiger partial charge in [-0.1, -0.05) is 42.9 Å². The molecule has 1 aliphatic heterocycles. The number of rotatable bonds is 8. The van der Waals surface area contributed by atoms with Crippen molar-refractivity contribution in [1.82, 2.24) is 5.32 Å². The zero-order chi connectivity index (χ0) is 36.4. The van der Waals surface area contributed by atoms with Crippen LogP contribution in [0.1, 0.15) is 111 Å². The van der Waals surface area contributed by atoms with Gasteiger partial charge < -0.3 is 30.5 Å². The summed E-state index contributed by atoms with van der Waals surface area (Å²) in [4.78, 5) is 25.6. The van der Waals surface area contributed by atoms with Crippen LogP contribution in [0.4, 0.5) is 0 Å². The normalized spacial score (nSPS) is 28.4. The Morgan fingerprint density at radius 3 is 2.63 bits per heavy atom. The summed E-state index contributed by atoms with van der Waals surface area (Å²) < 4.78 is 5.46. The van der Waals surface area contributed by atoms with E-state index in [0.29, 0.717) is 61.5 Å². The summed E-state index contributed by atoms with van der Waals surface area (Å²) in [6.07, 6.45) is 8.80. The molecule has 5 N–H and O–H groups in total. The number of aromatic hydroxyl groups is 2. The van der Waals surface area contributed by atoms with Gasteiger partial charge >= 0.3 is 0 Å². The fourth-order valence-electron chi connectivity index (χ4n) is 9.68. The molecule has 0 amide bonds.